The third-order valence-electron chi connectivity index (χ3n) is 2.81. The molecular formula is C15H13F3N2O. The van der Waals surface area contributed by atoms with Gasteiger partial charge in [0.25, 0.3) is 0 Å². The second-order valence-electron chi connectivity index (χ2n) is 4.54. The maximum absolute atomic E-state index is 12.8. The molecule has 0 saturated carbocycles. The molecule has 110 valence electrons. The van der Waals surface area contributed by atoms with E-state index in [1.54, 1.807) is 18.2 Å². The first kappa shape index (κ1) is 14.9. The van der Waals surface area contributed by atoms with Crippen LogP contribution in [0.4, 0.5) is 13.2 Å². The molecule has 0 spiro atoms. The van der Waals surface area contributed by atoms with E-state index in [4.69, 9.17) is 15.9 Å². The summed E-state index contributed by atoms with van der Waals surface area (Å²) >= 11 is 0. The van der Waals surface area contributed by atoms with Crippen molar-refractivity contribution < 1.29 is 17.9 Å². The quantitative estimate of drug-likeness (QED) is 0.661. The molecule has 2 rings (SSSR count). The fraction of sp³-hybridized carbons (Fsp3) is 0.133. The van der Waals surface area contributed by atoms with Crippen LogP contribution in [0.15, 0.2) is 42.5 Å². The van der Waals surface area contributed by atoms with E-state index in [-0.39, 0.29) is 5.75 Å². The lowest BCUT2D eigenvalue weighted by molar-refractivity contribution is -0.137. The van der Waals surface area contributed by atoms with Gasteiger partial charge in [-0.1, -0.05) is 12.1 Å². The van der Waals surface area contributed by atoms with Gasteiger partial charge < -0.3 is 10.5 Å². The van der Waals surface area contributed by atoms with Crippen LogP contribution in [0.25, 0.3) is 0 Å². The molecule has 2 aromatic carbocycles. The number of benzene rings is 2. The molecule has 2 aromatic rings. The van der Waals surface area contributed by atoms with Crippen molar-refractivity contribution in [3.63, 3.8) is 0 Å². The van der Waals surface area contributed by atoms with Crippen LogP contribution in [0.2, 0.25) is 0 Å². The summed E-state index contributed by atoms with van der Waals surface area (Å²) in [6, 6.07) is 10.3. The Hall–Kier alpha value is -2.50. The van der Waals surface area contributed by atoms with Crippen molar-refractivity contribution in [1.29, 1.82) is 5.41 Å². The van der Waals surface area contributed by atoms with E-state index in [1.807, 2.05) is 13.0 Å². The molecule has 3 nitrogen and oxygen atoms in total. The molecule has 0 aliphatic heterocycles. The summed E-state index contributed by atoms with van der Waals surface area (Å²) < 4.78 is 44.0. The zero-order valence-corrected chi connectivity index (χ0v) is 11.2. The average molecular weight is 294 g/mol. The predicted molar refractivity (Wildman–Crippen MR) is 73.7 cm³/mol. The minimum atomic E-state index is -4.57. The second-order valence-corrected chi connectivity index (χ2v) is 4.54. The number of rotatable bonds is 3. The molecule has 0 radical (unpaired) electrons. The molecular weight excluding hydrogens is 281 g/mol. The Labute approximate surface area is 119 Å². The number of halogens is 3. The van der Waals surface area contributed by atoms with Gasteiger partial charge in [-0.2, -0.15) is 13.2 Å². The van der Waals surface area contributed by atoms with Crippen LogP contribution in [-0.4, -0.2) is 5.84 Å². The van der Waals surface area contributed by atoms with Gasteiger partial charge in [-0.3, -0.25) is 5.41 Å². The molecule has 0 aliphatic carbocycles. The molecule has 0 bridgehead atoms. The standard InChI is InChI=1S/C15H13F3N2O/c1-9-3-2-4-10(7-9)21-11-5-6-13(15(16,17)18)12(8-11)14(19)20/h2-8H,1H3,(H3,19,20). The number of ether oxygens (including phenoxy) is 1. The van der Waals surface area contributed by atoms with Crippen LogP contribution in [0.3, 0.4) is 0 Å². The van der Waals surface area contributed by atoms with Gasteiger partial charge in [-0.15, -0.1) is 0 Å². The molecule has 21 heavy (non-hydrogen) atoms. The SMILES string of the molecule is Cc1cccc(Oc2ccc(C(F)(F)F)c(C(=N)N)c2)c1. The van der Waals surface area contributed by atoms with Crippen molar-refractivity contribution in [2.24, 2.45) is 5.73 Å². The number of nitrogen functional groups attached to an aromatic ring is 1. The second kappa shape index (κ2) is 5.47. The summed E-state index contributed by atoms with van der Waals surface area (Å²) in [6.07, 6.45) is -4.57. The number of alkyl halides is 3. The third-order valence-corrected chi connectivity index (χ3v) is 2.81. The molecule has 6 heteroatoms. The lowest BCUT2D eigenvalue weighted by Crippen LogP contribution is -2.18. The highest BCUT2D eigenvalue weighted by molar-refractivity contribution is 5.97. The van der Waals surface area contributed by atoms with Crippen LogP contribution in [-0.2, 0) is 6.18 Å². The van der Waals surface area contributed by atoms with E-state index in [1.165, 1.54) is 6.07 Å². The summed E-state index contributed by atoms with van der Waals surface area (Å²) in [5, 5.41) is 7.29. The van der Waals surface area contributed by atoms with Crippen LogP contribution >= 0.6 is 0 Å². The Kier molecular flexibility index (Phi) is 3.88. The highest BCUT2D eigenvalue weighted by atomic mass is 19.4. The molecule has 0 atom stereocenters. The summed E-state index contributed by atoms with van der Waals surface area (Å²) in [6.45, 7) is 1.88. The van der Waals surface area contributed by atoms with Gasteiger partial charge in [0.1, 0.15) is 17.3 Å². The van der Waals surface area contributed by atoms with E-state index in [0.29, 0.717) is 5.75 Å². The van der Waals surface area contributed by atoms with Crippen molar-refractivity contribution in [2.45, 2.75) is 13.1 Å². The maximum atomic E-state index is 12.8. The van der Waals surface area contributed by atoms with Gasteiger partial charge in [-0.05, 0) is 42.8 Å². The fourth-order valence-electron chi connectivity index (χ4n) is 1.87. The average Bonchev–Trinajstić information content (AvgIpc) is 2.37. The van der Waals surface area contributed by atoms with Crippen molar-refractivity contribution in [3.8, 4) is 11.5 Å². The lowest BCUT2D eigenvalue weighted by Gasteiger charge is -2.14. The first-order valence-corrected chi connectivity index (χ1v) is 6.07. The number of aryl methyl sites for hydroxylation is 1. The van der Waals surface area contributed by atoms with Crippen molar-refractivity contribution >= 4 is 5.84 Å². The summed E-state index contributed by atoms with van der Waals surface area (Å²) in [5.41, 5.74) is 4.84. The molecule has 0 amide bonds. The minimum absolute atomic E-state index is 0.193. The van der Waals surface area contributed by atoms with E-state index < -0.39 is 23.1 Å². The summed E-state index contributed by atoms with van der Waals surface area (Å²) in [4.78, 5) is 0. The highest BCUT2D eigenvalue weighted by Gasteiger charge is 2.34. The van der Waals surface area contributed by atoms with Gasteiger partial charge in [0.15, 0.2) is 0 Å². The number of hydrogen-bond acceptors (Lipinski definition) is 2. The van der Waals surface area contributed by atoms with E-state index in [2.05, 4.69) is 0 Å². The Bertz CT molecular complexity index is 681. The van der Waals surface area contributed by atoms with Crippen LogP contribution < -0.4 is 10.5 Å². The Morgan fingerprint density at radius 2 is 1.76 bits per heavy atom. The van der Waals surface area contributed by atoms with E-state index >= 15 is 0 Å². The molecule has 0 unspecified atom stereocenters. The van der Waals surface area contributed by atoms with Gasteiger partial charge >= 0.3 is 6.18 Å². The highest BCUT2D eigenvalue weighted by Crippen LogP contribution is 2.34. The molecule has 0 heterocycles. The predicted octanol–water partition coefficient (Wildman–Crippen LogP) is 4.09. The zero-order valence-electron chi connectivity index (χ0n) is 11.2. The van der Waals surface area contributed by atoms with Crippen LogP contribution in [0.5, 0.6) is 11.5 Å². The van der Waals surface area contributed by atoms with E-state index in [9.17, 15) is 13.2 Å². The maximum Gasteiger partial charge on any atom is 0.417 e. The number of amidine groups is 1. The monoisotopic (exact) mass is 294 g/mol. The molecule has 0 fully saturated rings. The molecule has 0 aliphatic rings. The Morgan fingerprint density at radius 1 is 1.10 bits per heavy atom. The third kappa shape index (κ3) is 3.53. The minimum Gasteiger partial charge on any atom is -0.457 e. The Balaban J connectivity index is 2.39. The van der Waals surface area contributed by atoms with Crippen LogP contribution in [0.1, 0.15) is 16.7 Å². The first-order valence-electron chi connectivity index (χ1n) is 6.07. The lowest BCUT2D eigenvalue weighted by atomic mass is 10.1. The fourth-order valence-corrected chi connectivity index (χ4v) is 1.87. The van der Waals surface area contributed by atoms with Crippen molar-refractivity contribution in [1.82, 2.24) is 0 Å². The molecule has 0 saturated heterocycles. The van der Waals surface area contributed by atoms with Gasteiger partial charge in [0, 0.05) is 5.56 Å². The molecule has 0 aromatic heterocycles. The largest absolute Gasteiger partial charge is 0.457 e. The number of nitrogens with two attached hydrogens (primary N) is 1. The van der Waals surface area contributed by atoms with Crippen molar-refractivity contribution in [3.05, 3.63) is 59.2 Å². The van der Waals surface area contributed by atoms with Gasteiger partial charge in [-0.25, -0.2) is 0 Å². The first-order chi connectivity index (χ1) is 9.77. The normalized spacial score (nSPS) is 11.2. The van der Waals surface area contributed by atoms with Gasteiger partial charge in [0.2, 0.25) is 0 Å². The molecule has 3 N–H and O–H groups in total. The number of nitrogens with one attached hydrogen (secondary N) is 1. The number of hydrogen-bond donors (Lipinski definition) is 2. The van der Waals surface area contributed by atoms with Gasteiger partial charge in [0.05, 0.1) is 5.56 Å². The van der Waals surface area contributed by atoms with Crippen molar-refractivity contribution in [2.75, 3.05) is 0 Å². The summed E-state index contributed by atoms with van der Waals surface area (Å²) in [7, 11) is 0. The van der Waals surface area contributed by atoms with Crippen LogP contribution in [0, 0.1) is 12.3 Å². The topological polar surface area (TPSA) is 59.1 Å². The zero-order chi connectivity index (χ0) is 15.6. The van der Waals surface area contributed by atoms with E-state index in [0.717, 1.165) is 17.7 Å². The smallest absolute Gasteiger partial charge is 0.417 e. The summed E-state index contributed by atoms with van der Waals surface area (Å²) in [5.74, 6) is 0.0417. The Morgan fingerprint density at radius 3 is 2.33 bits per heavy atom.